The molecule has 1 N–H and O–H groups in total. The standard InChI is InChI=1S/C26H26ClN3O4.ClH/c27-17-5-6-19-21(16-30(23(19)13-17)15-18-14-28-9-12-33-18)24(31)29-10-7-26(8-11-29)22-4-2-1-3-20(22)25(32)34-26;/h1-6,13,16,18,28H,7-12,14-15H2;1H. The molecule has 2 fully saturated rings. The number of aromatic nitrogens is 1. The average Bonchev–Trinajstić information content (AvgIpc) is 3.35. The molecular formula is C26H27Cl2N3O4. The van der Waals surface area contributed by atoms with Crippen molar-refractivity contribution >= 4 is 46.8 Å². The van der Waals surface area contributed by atoms with Gasteiger partial charge in [-0.25, -0.2) is 4.79 Å². The molecule has 1 atom stereocenters. The van der Waals surface area contributed by atoms with Gasteiger partial charge in [0, 0.05) is 61.2 Å². The number of piperidine rings is 1. The van der Waals surface area contributed by atoms with E-state index in [2.05, 4.69) is 9.88 Å². The normalized spacial score (nSPS) is 21.0. The number of fused-ring (bicyclic) bond motifs is 3. The number of benzene rings is 2. The summed E-state index contributed by atoms with van der Waals surface area (Å²) in [5.74, 6) is -0.282. The van der Waals surface area contributed by atoms with E-state index in [9.17, 15) is 9.59 Å². The Bertz CT molecular complexity index is 1280. The van der Waals surface area contributed by atoms with Gasteiger partial charge in [0.2, 0.25) is 0 Å². The molecule has 2 saturated heterocycles. The average molecular weight is 516 g/mol. The zero-order valence-electron chi connectivity index (χ0n) is 19.2. The molecule has 0 radical (unpaired) electrons. The number of nitrogens with one attached hydrogen (secondary N) is 1. The molecule has 3 aliphatic rings. The number of nitrogens with zero attached hydrogens (tertiary/aromatic N) is 2. The SMILES string of the molecule is Cl.O=C1OC2(CCN(C(=O)c3cn(CC4CNCCO4)c4cc(Cl)ccc34)CC2)c2ccccc21. The highest BCUT2D eigenvalue weighted by molar-refractivity contribution is 6.31. The van der Waals surface area contributed by atoms with E-state index in [0.717, 1.165) is 29.6 Å². The summed E-state index contributed by atoms with van der Waals surface area (Å²) in [4.78, 5) is 27.9. The summed E-state index contributed by atoms with van der Waals surface area (Å²) in [6.07, 6.45) is 3.15. The lowest BCUT2D eigenvalue weighted by molar-refractivity contribution is -0.0389. The minimum atomic E-state index is -0.628. The van der Waals surface area contributed by atoms with Crippen molar-refractivity contribution in [3.8, 4) is 0 Å². The lowest BCUT2D eigenvalue weighted by Crippen LogP contribution is -2.45. The van der Waals surface area contributed by atoms with Crippen LogP contribution in [-0.4, -0.2) is 60.2 Å². The maximum atomic E-state index is 13.6. The lowest BCUT2D eigenvalue weighted by atomic mass is 9.83. The second kappa shape index (κ2) is 9.47. The number of esters is 1. The number of carbonyl (C=O) groups is 2. The van der Waals surface area contributed by atoms with Gasteiger partial charge in [-0.05, 0) is 18.2 Å². The first-order valence-corrected chi connectivity index (χ1v) is 12.1. The topological polar surface area (TPSA) is 72.8 Å². The quantitative estimate of drug-likeness (QED) is 0.533. The third-order valence-electron chi connectivity index (χ3n) is 7.26. The second-order valence-corrected chi connectivity index (χ2v) is 9.71. The minimum absolute atomic E-state index is 0. The molecule has 1 amide bonds. The maximum Gasteiger partial charge on any atom is 0.339 e. The number of amides is 1. The number of ether oxygens (including phenoxy) is 2. The highest BCUT2D eigenvalue weighted by Gasteiger charge is 2.47. The largest absolute Gasteiger partial charge is 0.450 e. The lowest BCUT2D eigenvalue weighted by Gasteiger charge is -2.38. The Kier molecular flexibility index (Phi) is 6.53. The van der Waals surface area contributed by atoms with Crippen LogP contribution in [0.3, 0.4) is 0 Å². The van der Waals surface area contributed by atoms with E-state index in [4.69, 9.17) is 21.1 Å². The van der Waals surface area contributed by atoms with Crippen molar-refractivity contribution < 1.29 is 19.1 Å². The van der Waals surface area contributed by atoms with Crippen LogP contribution in [0.5, 0.6) is 0 Å². The van der Waals surface area contributed by atoms with E-state index in [0.29, 0.717) is 55.2 Å². The van der Waals surface area contributed by atoms with Gasteiger partial charge in [-0.3, -0.25) is 4.79 Å². The molecule has 3 aromatic rings. The number of hydrogen-bond donors (Lipinski definition) is 1. The van der Waals surface area contributed by atoms with Crippen LogP contribution >= 0.6 is 24.0 Å². The molecule has 1 aromatic heterocycles. The highest BCUT2D eigenvalue weighted by atomic mass is 35.5. The fourth-order valence-corrected chi connectivity index (χ4v) is 5.67. The smallest absolute Gasteiger partial charge is 0.339 e. The molecule has 3 aliphatic heterocycles. The third kappa shape index (κ3) is 4.20. The highest BCUT2D eigenvalue weighted by Crippen LogP contribution is 2.44. The van der Waals surface area contributed by atoms with Gasteiger partial charge in [0.05, 0.1) is 35.9 Å². The Hall–Kier alpha value is -2.58. The van der Waals surface area contributed by atoms with Crippen LogP contribution in [0.4, 0.5) is 0 Å². The van der Waals surface area contributed by atoms with Gasteiger partial charge < -0.3 is 24.3 Å². The zero-order valence-corrected chi connectivity index (χ0v) is 20.7. The number of halogens is 2. The molecule has 1 spiro atoms. The van der Waals surface area contributed by atoms with E-state index >= 15 is 0 Å². The number of likely N-dealkylation sites (tertiary alicyclic amines) is 1. The molecule has 4 heterocycles. The Morgan fingerprint density at radius 2 is 1.97 bits per heavy atom. The van der Waals surface area contributed by atoms with Crippen molar-refractivity contribution in [2.45, 2.75) is 31.1 Å². The Morgan fingerprint density at radius 3 is 2.74 bits per heavy atom. The molecule has 7 nitrogen and oxygen atoms in total. The summed E-state index contributed by atoms with van der Waals surface area (Å²) in [5.41, 5.74) is 2.55. The van der Waals surface area contributed by atoms with Crippen molar-refractivity contribution in [1.82, 2.24) is 14.8 Å². The minimum Gasteiger partial charge on any atom is -0.450 e. The molecule has 6 rings (SSSR count). The number of morpholine rings is 1. The monoisotopic (exact) mass is 515 g/mol. The van der Waals surface area contributed by atoms with Crippen molar-refractivity contribution in [1.29, 1.82) is 0 Å². The van der Waals surface area contributed by atoms with Crippen LogP contribution < -0.4 is 5.32 Å². The molecule has 0 bridgehead atoms. The van der Waals surface area contributed by atoms with Crippen LogP contribution in [-0.2, 0) is 21.6 Å². The van der Waals surface area contributed by atoms with E-state index in [-0.39, 0.29) is 30.4 Å². The number of hydrogen-bond acceptors (Lipinski definition) is 5. The van der Waals surface area contributed by atoms with Gasteiger partial charge in [-0.15, -0.1) is 12.4 Å². The fourth-order valence-electron chi connectivity index (χ4n) is 5.50. The molecule has 2 aromatic carbocycles. The van der Waals surface area contributed by atoms with Crippen molar-refractivity contribution in [2.75, 3.05) is 32.8 Å². The summed E-state index contributed by atoms with van der Waals surface area (Å²) in [7, 11) is 0. The zero-order chi connectivity index (χ0) is 23.3. The van der Waals surface area contributed by atoms with E-state index in [1.807, 2.05) is 53.6 Å². The Labute approximate surface area is 214 Å². The maximum absolute atomic E-state index is 13.6. The van der Waals surface area contributed by atoms with Crippen LogP contribution in [0.2, 0.25) is 5.02 Å². The molecule has 1 unspecified atom stereocenters. The van der Waals surface area contributed by atoms with Gasteiger partial charge in [0.25, 0.3) is 5.91 Å². The first kappa shape index (κ1) is 24.1. The van der Waals surface area contributed by atoms with Crippen molar-refractivity contribution in [3.05, 3.63) is 70.4 Å². The van der Waals surface area contributed by atoms with E-state index < -0.39 is 5.60 Å². The Balaban J connectivity index is 0.00000253. The third-order valence-corrected chi connectivity index (χ3v) is 7.50. The van der Waals surface area contributed by atoms with Gasteiger partial charge in [0.15, 0.2) is 0 Å². The van der Waals surface area contributed by atoms with Crippen molar-refractivity contribution in [2.24, 2.45) is 0 Å². The molecule has 184 valence electrons. The van der Waals surface area contributed by atoms with Crippen LogP contribution in [0, 0.1) is 0 Å². The summed E-state index contributed by atoms with van der Waals surface area (Å²) in [6.45, 7) is 4.01. The summed E-state index contributed by atoms with van der Waals surface area (Å²) < 4.78 is 13.8. The molecule has 0 aliphatic carbocycles. The Morgan fingerprint density at radius 1 is 1.17 bits per heavy atom. The summed E-state index contributed by atoms with van der Waals surface area (Å²) in [6, 6.07) is 13.2. The number of carbonyl (C=O) groups excluding carboxylic acids is 2. The van der Waals surface area contributed by atoms with E-state index in [1.165, 1.54) is 0 Å². The van der Waals surface area contributed by atoms with Gasteiger partial charge >= 0.3 is 5.97 Å². The van der Waals surface area contributed by atoms with Crippen molar-refractivity contribution in [3.63, 3.8) is 0 Å². The summed E-state index contributed by atoms with van der Waals surface area (Å²) in [5, 5.41) is 4.87. The van der Waals surface area contributed by atoms with Crippen LogP contribution in [0.25, 0.3) is 10.9 Å². The summed E-state index contributed by atoms with van der Waals surface area (Å²) >= 11 is 6.30. The molecular weight excluding hydrogens is 489 g/mol. The second-order valence-electron chi connectivity index (χ2n) is 9.28. The van der Waals surface area contributed by atoms with Crippen LogP contribution in [0.1, 0.15) is 39.1 Å². The first-order chi connectivity index (χ1) is 16.5. The fraction of sp³-hybridized carbons (Fsp3) is 0.385. The molecule has 0 saturated carbocycles. The number of rotatable bonds is 3. The molecule has 35 heavy (non-hydrogen) atoms. The predicted molar refractivity (Wildman–Crippen MR) is 135 cm³/mol. The molecule has 9 heteroatoms. The van der Waals surface area contributed by atoms with E-state index in [1.54, 1.807) is 0 Å². The van der Waals surface area contributed by atoms with Crippen LogP contribution in [0.15, 0.2) is 48.7 Å². The van der Waals surface area contributed by atoms with Gasteiger partial charge in [-0.2, -0.15) is 0 Å². The predicted octanol–water partition coefficient (Wildman–Crippen LogP) is 4.01. The van der Waals surface area contributed by atoms with Gasteiger partial charge in [-0.1, -0.05) is 35.9 Å². The van der Waals surface area contributed by atoms with Gasteiger partial charge in [0.1, 0.15) is 5.60 Å². The first-order valence-electron chi connectivity index (χ1n) is 11.8.